The molecular weight excluding hydrogens is 965 g/mol. The van der Waals surface area contributed by atoms with Crippen molar-refractivity contribution in [3.8, 4) is 50.2 Å². The van der Waals surface area contributed by atoms with Crippen LogP contribution in [0.2, 0.25) is 0 Å². The molecule has 1 spiro atoms. The third kappa shape index (κ3) is 6.02. The summed E-state index contributed by atoms with van der Waals surface area (Å²) in [4.78, 5) is 2.57. The van der Waals surface area contributed by atoms with Gasteiger partial charge in [0.25, 0.3) is 0 Å². The zero-order valence-electron chi connectivity index (χ0n) is 43.8. The summed E-state index contributed by atoms with van der Waals surface area (Å²) < 4.78 is 2.54. The van der Waals surface area contributed by atoms with Crippen LogP contribution in [0.4, 0.5) is 17.1 Å². The van der Waals surface area contributed by atoms with Gasteiger partial charge in [-0.25, -0.2) is 0 Å². The van der Waals surface area contributed by atoms with Crippen molar-refractivity contribution in [1.82, 2.24) is 4.57 Å². The Kier molecular flexibility index (Phi) is 9.58. The first kappa shape index (κ1) is 44.8. The van der Waals surface area contributed by atoms with E-state index in [0.29, 0.717) is 0 Å². The molecule has 80 heavy (non-hydrogen) atoms. The summed E-state index contributed by atoms with van der Waals surface area (Å²) in [6.45, 7) is 0. The number of rotatable bonds is 7. The fourth-order valence-electron chi connectivity index (χ4n) is 14.9. The second-order valence-electron chi connectivity index (χ2n) is 21.8. The largest absolute Gasteiger partial charge is 0.310 e. The molecule has 1 atom stereocenters. The average Bonchev–Trinajstić information content (AvgIpc) is 3.85. The maximum Gasteiger partial charge on any atom is 0.0755 e. The minimum Gasteiger partial charge on any atom is -0.310 e. The van der Waals surface area contributed by atoms with Gasteiger partial charge >= 0.3 is 0 Å². The normalized spacial score (nSPS) is 14.9. The van der Waals surface area contributed by atoms with Gasteiger partial charge in [0.15, 0.2) is 0 Å². The molecule has 1 aliphatic heterocycles. The smallest absolute Gasteiger partial charge is 0.0755 e. The standard InChI is InChI=1S/C78H50N2/c1-4-21-51(22-5-1)52-39-41-53(42-40-52)54-43-45-57(46-44-54)79(74-50-71-75(63-30-11-10-28-61(63)74)65-31-13-16-34-67(65)77(71,55-23-6-2-7-24-55)56-25-8-3-9-26-56)58-47-48-60-59-27-12-15-33-66(59)78(70(60)49-58)68-35-17-19-38-73(68)80-72-37-18-14-29-62(72)64-32-20-36-69(78)76(64)80/h1-50H. The lowest BCUT2D eigenvalue weighted by Gasteiger charge is -2.40. The van der Waals surface area contributed by atoms with E-state index in [9.17, 15) is 0 Å². The van der Waals surface area contributed by atoms with E-state index in [1.54, 1.807) is 0 Å². The molecule has 0 fully saturated rings. The third-order valence-corrected chi connectivity index (χ3v) is 18.1. The number of fused-ring (bicyclic) bond motifs is 17. The first-order valence-electron chi connectivity index (χ1n) is 27.9. The maximum atomic E-state index is 2.57. The van der Waals surface area contributed by atoms with Crippen LogP contribution in [0.15, 0.2) is 303 Å². The van der Waals surface area contributed by atoms with Crippen LogP contribution in [0.3, 0.4) is 0 Å². The molecule has 14 aromatic rings. The molecule has 2 nitrogen and oxygen atoms in total. The highest BCUT2D eigenvalue weighted by Gasteiger charge is 2.52. The average molecular weight is 1020 g/mol. The Hall–Kier alpha value is -10.3. The molecule has 0 bridgehead atoms. The molecule has 0 N–H and O–H groups in total. The van der Waals surface area contributed by atoms with Crippen LogP contribution in [0, 0.1) is 0 Å². The molecule has 0 radical (unpaired) electrons. The number of hydrogen-bond donors (Lipinski definition) is 0. The van der Waals surface area contributed by atoms with Crippen molar-refractivity contribution < 1.29 is 0 Å². The predicted molar refractivity (Wildman–Crippen MR) is 332 cm³/mol. The fraction of sp³-hybridized carbons (Fsp3) is 0.0256. The topological polar surface area (TPSA) is 8.17 Å². The van der Waals surface area contributed by atoms with Gasteiger partial charge in [0.2, 0.25) is 0 Å². The summed E-state index contributed by atoms with van der Waals surface area (Å²) in [5.74, 6) is 0. The first-order valence-corrected chi connectivity index (χ1v) is 27.9. The second-order valence-corrected chi connectivity index (χ2v) is 21.8. The number of para-hydroxylation sites is 3. The summed E-state index contributed by atoms with van der Waals surface area (Å²) in [6, 6.07) is 114. The zero-order chi connectivity index (χ0) is 52.5. The molecule has 0 amide bonds. The molecule has 1 aromatic heterocycles. The molecule has 13 aromatic carbocycles. The van der Waals surface area contributed by atoms with Gasteiger partial charge in [-0.15, -0.1) is 0 Å². The van der Waals surface area contributed by atoms with Crippen LogP contribution < -0.4 is 4.90 Å². The van der Waals surface area contributed by atoms with E-state index in [4.69, 9.17) is 0 Å². The molecular formula is C78H50N2. The van der Waals surface area contributed by atoms with Gasteiger partial charge in [0, 0.05) is 27.5 Å². The van der Waals surface area contributed by atoms with Crippen molar-refractivity contribution in [2.75, 3.05) is 4.90 Å². The predicted octanol–water partition coefficient (Wildman–Crippen LogP) is 19.8. The molecule has 0 saturated carbocycles. The van der Waals surface area contributed by atoms with Gasteiger partial charge in [-0.2, -0.15) is 0 Å². The minimum absolute atomic E-state index is 0.610. The van der Waals surface area contributed by atoms with Gasteiger partial charge in [-0.1, -0.05) is 261 Å². The zero-order valence-corrected chi connectivity index (χ0v) is 43.8. The lowest BCUT2D eigenvalue weighted by molar-refractivity contribution is 0.748. The van der Waals surface area contributed by atoms with Gasteiger partial charge in [0.05, 0.1) is 33.2 Å². The van der Waals surface area contributed by atoms with Crippen LogP contribution >= 0.6 is 0 Å². The number of benzene rings is 13. The Morgan fingerprint density at radius 3 is 1.46 bits per heavy atom. The fourth-order valence-corrected chi connectivity index (χ4v) is 14.9. The molecule has 3 aliphatic rings. The molecule has 17 rings (SSSR count). The summed E-state index contributed by atoms with van der Waals surface area (Å²) in [5.41, 5.74) is 25.9. The van der Waals surface area contributed by atoms with Gasteiger partial charge in [-0.3, -0.25) is 0 Å². The first-order chi connectivity index (χ1) is 39.7. The maximum absolute atomic E-state index is 2.57. The summed E-state index contributed by atoms with van der Waals surface area (Å²) >= 11 is 0. The minimum atomic E-state index is -0.624. The number of hydrogen-bond acceptors (Lipinski definition) is 1. The SMILES string of the molecule is c1ccc(-c2ccc(-c3ccc(N(c4ccc5c(c4)C4(c6ccccc6-5)c5ccccc5-n5c6ccccc6c6cccc4c65)c4cc5c(c6ccccc46)-c4ccccc4C5(c4ccccc4)c4ccccc4)cc3)cc2)cc1. The van der Waals surface area contributed by atoms with E-state index < -0.39 is 10.8 Å². The van der Waals surface area contributed by atoms with Crippen LogP contribution in [0.25, 0.3) is 82.8 Å². The summed E-state index contributed by atoms with van der Waals surface area (Å²) in [5, 5.41) is 4.96. The van der Waals surface area contributed by atoms with Crippen LogP contribution in [0.1, 0.15) is 44.5 Å². The van der Waals surface area contributed by atoms with E-state index in [0.717, 1.165) is 17.1 Å². The van der Waals surface area contributed by atoms with E-state index in [-0.39, 0.29) is 0 Å². The highest BCUT2D eigenvalue weighted by molar-refractivity contribution is 6.14. The van der Waals surface area contributed by atoms with E-state index in [2.05, 4.69) is 313 Å². The van der Waals surface area contributed by atoms with Crippen molar-refractivity contribution in [1.29, 1.82) is 0 Å². The summed E-state index contributed by atoms with van der Waals surface area (Å²) in [6.07, 6.45) is 0. The Balaban J connectivity index is 0.953. The van der Waals surface area contributed by atoms with Gasteiger partial charge in [-0.05, 0) is 137 Å². The Bertz CT molecular complexity index is 4760. The second kappa shape index (κ2) is 17.1. The Morgan fingerprint density at radius 1 is 0.275 bits per heavy atom. The van der Waals surface area contributed by atoms with E-state index >= 15 is 0 Å². The lowest BCUT2D eigenvalue weighted by atomic mass is 9.65. The Labute approximate surface area is 465 Å². The van der Waals surface area contributed by atoms with E-state index in [1.165, 1.54) is 127 Å². The molecule has 2 aliphatic carbocycles. The van der Waals surface area contributed by atoms with E-state index in [1.807, 2.05) is 0 Å². The number of anilines is 3. The molecule has 372 valence electrons. The van der Waals surface area contributed by atoms with Crippen molar-refractivity contribution in [3.63, 3.8) is 0 Å². The van der Waals surface area contributed by atoms with Crippen LogP contribution in [0.5, 0.6) is 0 Å². The monoisotopic (exact) mass is 1010 g/mol. The van der Waals surface area contributed by atoms with Crippen molar-refractivity contribution in [3.05, 3.63) is 348 Å². The highest BCUT2D eigenvalue weighted by Crippen LogP contribution is 2.63. The van der Waals surface area contributed by atoms with Gasteiger partial charge < -0.3 is 9.47 Å². The molecule has 2 heteroatoms. The van der Waals surface area contributed by atoms with Gasteiger partial charge in [0.1, 0.15) is 0 Å². The highest BCUT2D eigenvalue weighted by atomic mass is 15.1. The number of nitrogens with zero attached hydrogens (tertiary/aromatic N) is 2. The van der Waals surface area contributed by atoms with Crippen LogP contribution in [-0.2, 0) is 10.8 Å². The third-order valence-electron chi connectivity index (χ3n) is 18.1. The lowest BCUT2D eigenvalue weighted by Crippen LogP contribution is -2.33. The van der Waals surface area contributed by atoms with Crippen molar-refractivity contribution >= 4 is 49.6 Å². The Morgan fingerprint density at radius 2 is 0.762 bits per heavy atom. The molecule has 0 saturated heterocycles. The summed E-state index contributed by atoms with van der Waals surface area (Å²) in [7, 11) is 0. The van der Waals surface area contributed by atoms with Crippen molar-refractivity contribution in [2.45, 2.75) is 10.8 Å². The molecule has 2 heterocycles. The van der Waals surface area contributed by atoms with Crippen molar-refractivity contribution in [2.24, 2.45) is 0 Å². The quantitative estimate of drug-likeness (QED) is 0.154. The van der Waals surface area contributed by atoms with Crippen LogP contribution in [-0.4, -0.2) is 4.57 Å². The molecule has 1 unspecified atom stereocenters. The number of aromatic nitrogens is 1.